The van der Waals surface area contributed by atoms with Crippen molar-refractivity contribution in [2.45, 2.75) is 6.10 Å². The van der Waals surface area contributed by atoms with Crippen LogP contribution in [0.15, 0.2) is 36.5 Å². The molecule has 1 saturated heterocycles. The van der Waals surface area contributed by atoms with Gasteiger partial charge in [0.25, 0.3) is 5.69 Å². The Morgan fingerprint density at radius 3 is 2.76 bits per heavy atom. The summed E-state index contributed by atoms with van der Waals surface area (Å²) in [7, 11) is 3.70. The first-order valence-corrected chi connectivity index (χ1v) is 8.77. The number of nitro benzene ring substituents is 1. The summed E-state index contributed by atoms with van der Waals surface area (Å²) in [4.78, 5) is 28.7. The Bertz CT molecular complexity index is 892. The summed E-state index contributed by atoms with van der Waals surface area (Å²) in [6, 6.07) is 7.54. The van der Waals surface area contributed by atoms with Crippen molar-refractivity contribution in [2.24, 2.45) is 0 Å². The molecule has 2 heterocycles. The van der Waals surface area contributed by atoms with E-state index in [-0.39, 0.29) is 23.4 Å². The van der Waals surface area contributed by atoms with Gasteiger partial charge in [-0.3, -0.25) is 15.4 Å². The molecule has 0 bridgehead atoms. The summed E-state index contributed by atoms with van der Waals surface area (Å²) in [5.41, 5.74) is 0.270. The summed E-state index contributed by atoms with van der Waals surface area (Å²) in [6.45, 7) is 1.22. The Morgan fingerprint density at radius 1 is 1.31 bits per heavy atom. The first kappa shape index (κ1) is 20.4. The highest BCUT2D eigenvalue weighted by Gasteiger charge is 2.30. The molecule has 1 fully saturated rings. The monoisotopic (exact) mass is 401 g/mol. The van der Waals surface area contributed by atoms with Gasteiger partial charge in [0.2, 0.25) is 0 Å². The molecule has 0 unspecified atom stereocenters. The summed E-state index contributed by atoms with van der Waals surface area (Å²) in [5, 5.41) is 16.5. The van der Waals surface area contributed by atoms with Crippen molar-refractivity contribution in [3.8, 4) is 11.5 Å². The topological polar surface area (TPSA) is 128 Å². The minimum absolute atomic E-state index is 0.107. The van der Waals surface area contributed by atoms with Crippen LogP contribution in [0.3, 0.4) is 0 Å². The van der Waals surface area contributed by atoms with Crippen LogP contribution in [0.1, 0.15) is 0 Å². The number of ether oxygens (including phenoxy) is 2. The van der Waals surface area contributed by atoms with E-state index in [1.54, 1.807) is 32.4 Å². The predicted molar refractivity (Wildman–Crippen MR) is 107 cm³/mol. The largest absolute Gasteiger partial charge is 0.457 e. The van der Waals surface area contributed by atoms with E-state index in [4.69, 9.17) is 14.1 Å². The number of nitrogens with one attached hydrogen (secondary N) is 2. The average Bonchev–Trinajstić information content (AvgIpc) is 2.66. The lowest BCUT2D eigenvalue weighted by Gasteiger charge is -2.37. The maximum Gasteiger partial charge on any atom is 0.413 e. The zero-order valence-electron chi connectivity index (χ0n) is 16.0. The maximum atomic E-state index is 12.0. The quantitative estimate of drug-likeness (QED) is 0.388. The molecule has 2 N–H and O–H groups in total. The SMILES string of the molecule is CNc1ccc(Oc2ccnc(NC(=O)OC3CN(BOC)C3)c2)cc1[N+](=O)[O-]. The lowest BCUT2D eigenvalue weighted by atomic mass is 10.0. The fraction of sp³-hybridized carbons (Fsp3) is 0.294. The number of carbonyl (C=O) groups excluding carboxylic acids is 1. The van der Waals surface area contributed by atoms with Gasteiger partial charge in [0, 0.05) is 39.5 Å². The third kappa shape index (κ3) is 5.33. The van der Waals surface area contributed by atoms with Crippen LogP contribution in [0.2, 0.25) is 0 Å². The summed E-state index contributed by atoms with van der Waals surface area (Å²) < 4.78 is 15.9. The number of pyridine rings is 1. The second-order valence-electron chi connectivity index (χ2n) is 6.27. The summed E-state index contributed by atoms with van der Waals surface area (Å²) >= 11 is 0. The van der Waals surface area contributed by atoms with Crippen molar-refractivity contribution in [1.29, 1.82) is 0 Å². The molecule has 0 saturated carbocycles. The molecule has 12 heteroatoms. The molecule has 0 spiro atoms. The van der Waals surface area contributed by atoms with Gasteiger partial charge < -0.3 is 24.3 Å². The normalized spacial score (nSPS) is 13.9. The van der Waals surface area contributed by atoms with E-state index >= 15 is 0 Å². The number of hydrogen-bond acceptors (Lipinski definition) is 9. The van der Waals surface area contributed by atoms with Crippen LogP contribution in [0.4, 0.5) is 22.0 Å². The molecule has 152 valence electrons. The summed E-state index contributed by atoms with van der Waals surface area (Å²) in [6.07, 6.45) is 0.631. The standard InChI is InChI=1S/C17H20BN5O6/c1-19-14-4-3-11(7-15(14)23(25)26)28-12-5-6-20-16(8-12)21-17(24)29-13-9-22(10-13)18-27-2/h3-8,13,18-19H,9-10H2,1-2H3,(H,20,21,24). The molecule has 1 aliphatic heterocycles. The van der Waals surface area contributed by atoms with Gasteiger partial charge in [0.15, 0.2) is 0 Å². The highest BCUT2D eigenvalue weighted by Crippen LogP contribution is 2.31. The molecule has 3 rings (SSSR count). The fourth-order valence-electron chi connectivity index (χ4n) is 2.79. The highest BCUT2D eigenvalue weighted by atomic mass is 16.6. The molecule has 2 aromatic rings. The molecule has 0 radical (unpaired) electrons. The van der Waals surface area contributed by atoms with Crippen molar-refractivity contribution in [1.82, 2.24) is 9.79 Å². The van der Waals surface area contributed by atoms with Gasteiger partial charge in [-0.25, -0.2) is 9.78 Å². The smallest absolute Gasteiger partial charge is 0.413 e. The summed E-state index contributed by atoms with van der Waals surface area (Å²) in [5.74, 6) is 0.877. The molecule has 0 aliphatic carbocycles. The molecule has 1 aliphatic rings. The van der Waals surface area contributed by atoms with E-state index in [2.05, 4.69) is 15.6 Å². The van der Waals surface area contributed by atoms with E-state index in [0.29, 0.717) is 32.1 Å². The first-order valence-electron chi connectivity index (χ1n) is 8.77. The van der Waals surface area contributed by atoms with Gasteiger partial charge in [0.05, 0.1) is 11.0 Å². The number of hydrogen-bond donors (Lipinski definition) is 2. The molecular weight excluding hydrogens is 381 g/mol. The van der Waals surface area contributed by atoms with Crippen LogP contribution in [0.5, 0.6) is 11.5 Å². The molecular formula is C17H20BN5O6. The highest BCUT2D eigenvalue weighted by molar-refractivity contribution is 6.23. The Labute approximate surface area is 167 Å². The van der Waals surface area contributed by atoms with Gasteiger partial charge in [-0.2, -0.15) is 0 Å². The van der Waals surface area contributed by atoms with E-state index in [9.17, 15) is 14.9 Å². The van der Waals surface area contributed by atoms with E-state index < -0.39 is 11.0 Å². The van der Waals surface area contributed by atoms with Crippen LogP contribution in [0.25, 0.3) is 0 Å². The Balaban J connectivity index is 1.59. The van der Waals surface area contributed by atoms with Crippen LogP contribution in [-0.4, -0.2) is 61.8 Å². The maximum absolute atomic E-state index is 12.0. The number of anilines is 2. The second-order valence-corrected chi connectivity index (χ2v) is 6.27. The van der Waals surface area contributed by atoms with Gasteiger partial charge in [-0.1, -0.05) is 0 Å². The van der Waals surface area contributed by atoms with Crippen molar-refractivity contribution in [2.75, 3.05) is 37.9 Å². The average molecular weight is 401 g/mol. The van der Waals surface area contributed by atoms with Crippen molar-refractivity contribution >= 4 is 30.9 Å². The number of nitrogens with zero attached hydrogens (tertiary/aromatic N) is 3. The molecule has 1 aromatic heterocycles. The first-order chi connectivity index (χ1) is 14.0. The van der Waals surface area contributed by atoms with Crippen molar-refractivity contribution < 1.29 is 23.8 Å². The lowest BCUT2D eigenvalue weighted by molar-refractivity contribution is -0.384. The number of benzene rings is 1. The van der Waals surface area contributed by atoms with Crippen LogP contribution >= 0.6 is 0 Å². The zero-order chi connectivity index (χ0) is 20.8. The third-order valence-electron chi connectivity index (χ3n) is 4.14. The predicted octanol–water partition coefficient (Wildman–Crippen LogP) is 1.97. The molecule has 11 nitrogen and oxygen atoms in total. The molecule has 1 amide bonds. The van der Waals surface area contributed by atoms with Crippen LogP contribution in [-0.2, 0) is 9.39 Å². The van der Waals surface area contributed by atoms with Crippen molar-refractivity contribution in [3.05, 3.63) is 46.6 Å². The number of amides is 1. The second kappa shape index (κ2) is 9.21. The Hall–Kier alpha value is -3.38. The molecule has 0 atom stereocenters. The fourth-order valence-corrected chi connectivity index (χ4v) is 2.79. The Kier molecular flexibility index (Phi) is 6.47. The number of nitro groups is 1. The lowest BCUT2D eigenvalue weighted by Crippen LogP contribution is -2.55. The third-order valence-corrected chi connectivity index (χ3v) is 4.14. The van der Waals surface area contributed by atoms with Gasteiger partial charge in [-0.05, 0) is 18.2 Å². The van der Waals surface area contributed by atoms with E-state index in [1.807, 2.05) is 4.81 Å². The minimum Gasteiger partial charge on any atom is -0.457 e. The van der Waals surface area contributed by atoms with Gasteiger partial charge >= 0.3 is 13.7 Å². The van der Waals surface area contributed by atoms with Crippen molar-refractivity contribution in [3.63, 3.8) is 0 Å². The number of rotatable bonds is 8. The number of carbonyl (C=O) groups is 1. The molecule has 29 heavy (non-hydrogen) atoms. The van der Waals surface area contributed by atoms with Gasteiger partial charge in [0.1, 0.15) is 29.1 Å². The molecule has 1 aromatic carbocycles. The van der Waals surface area contributed by atoms with Gasteiger partial charge in [-0.15, -0.1) is 0 Å². The van der Waals surface area contributed by atoms with Crippen LogP contribution in [0, 0.1) is 10.1 Å². The zero-order valence-corrected chi connectivity index (χ0v) is 16.0. The minimum atomic E-state index is -0.620. The van der Waals surface area contributed by atoms with E-state index in [1.165, 1.54) is 18.3 Å². The van der Waals surface area contributed by atoms with E-state index in [0.717, 1.165) is 0 Å². The number of aromatic nitrogens is 1. The van der Waals surface area contributed by atoms with Crippen LogP contribution < -0.4 is 15.4 Å². The Morgan fingerprint density at radius 2 is 2.07 bits per heavy atom.